The third-order valence-corrected chi connectivity index (χ3v) is 2.84. The van der Waals surface area contributed by atoms with Gasteiger partial charge in [0.1, 0.15) is 17.5 Å². The second kappa shape index (κ2) is 5.52. The van der Waals surface area contributed by atoms with Gasteiger partial charge in [-0.3, -0.25) is 14.6 Å². The Morgan fingerprint density at radius 1 is 1.05 bits per heavy atom. The van der Waals surface area contributed by atoms with Crippen LogP contribution in [0.25, 0.3) is 0 Å². The minimum atomic E-state index is -0.900. The van der Waals surface area contributed by atoms with E-state index < -0.39 is 11.7 Å². The molecule has 0 aliphatic carbocycles. The highest BCUT2D eigenvalue weighted by molar-refractivity contribution is 6.14. The number of benzene rings is 1. The Labute approximate surface area is 110 Å². The first-order valence-electron chi connectivity index (χ1n) is 5.80. The Balaban J connectivity index is 2.39. The standard InChI is InChI=1S/C15H12FNO2/c1-10(18)14(11-2-4-13(16)5-3-11)15(19)12-6-8-17-9-7-12/h2-9,14H,1H3. The summed E-state index contributed by atoms with van der Waals surface area (Å²) < 4.78 is 12.9. The summed E-state index contributed by atoms with van der Waals surface area (Å²) in [6, 6.07) is 8.51. The zero-order chi connectivity index (χ0) is 13.8. The molecule has 0 aliphatic rings. The van der Waals surface area contributed by atoms with Gasteiger partial charge < -0.3 is 0 Å². The van der Waals surface area contributed by atoms with Gasteiger partial charge in [0, 0.05) is 18.0 Å². The minimum absolute atomic E-state index is 0.270. The highest BCUT2D eigenvalue weighted by Gasteiger charge is 2.26. The number of rotatable bonds is 4. The van der Waals surface area contributed by atoms with Crippen molar-refractivity contribution < 1.29 is 14.0 Å². The van der Waals surface area contributed by atoms with E-state index in [2.05, 4.69) is 4.98 Å². The SMILES string of the molecule is CC(=O)C(C(=O)c1ccncc1)c1ccc(F)cc1. The Bertz CT molecular complexity index is 593. The average Bonchev–Trinajstić information content (AvgIpc) is 2.42. The summed E-state index contributed by atoms with van der Waals surface area (Å²) in [7, 11) is 0. The number of carbonyl (C=O) groups excluding carboxylic acids is 2. The lowest BCUT2D eigenvalue weighted by Gasteiger charge is -2.13. The number of aromatic nitrogens is 1. The zero-order valence-corrected chi connectivity index (χ0v) is 10.3. The molecule has 0 radical (unpaired) electrons. The zero-order valence-electron chi connectivity index (χ0n) is 10.3. The van der Waals surface area contributed by atoms with Crippen molar-refractivity contribution in [1.82, 2.24) is 4.98 Å². The number of ketones is 2. The summed E-state index contributed by atoms with van der Waals surface area (Å²) in [5, 5.41) is 0. The molecule has 2 rings (SSSR count). The van der Waals surface area contributed by atoms with E-state index >= 15 is 0 Å². The lowest BCUT2D eigenvalue weighted by atomic mass is 9.88. The molecule has 4 heteroatoms. The van der Waals surface area contributed by atoms with Crippen molar-refractivity contribution in [3.8, 4) is 0 Å². The predicted molar refractivity (Wildman–Crippen MR) is 68.4 cm³/mol. The largest absolute Gasteiger partial charge is 0.299 e. The Morgan fingerprint density at radius 3 is 2.16 bits per heavy atom. The van der Waals surface area contributed by atoms with Crippen LogP contribution in [0.1, 0.15) is 28.8 Å². The van der Waals surface area contributed by atoms with E-state index in [0.29, 0.717) is 11.1 Å². The van der Waals surface area contributed by atoms with Crippen molar-refractivity contribution in [2.24, 2.45) is 0 Å². The third kappa shape index (κ3) is 2.91. The Kier molecular flexibility index (Phi) is 3.80. The van der Waals surface area contributed by atoms with Crippen molar-refractivity contribution in [3.05, 3.63) is 65.7 Å². The molecule has 2 aromatic rings. The van der Waals surface area contributed by atoms with Crippen LogP contribution in [0.3, 0.4) is 0 Å². The second-order valence-corrected chi connectivity index (χ2v) is 4.20. The van der Waals surface area contributed by atoms with Gasteiger partial charge in [-0.05, 0) is 36.8 Å². The number of carbonyl (C=O) groups is 2. The van der Waals surface area contributed by atoms with Crippen molar-refractivity contribution in [2.45, 2.75) is 12.8 Å². The van der Waals surface area contributed by atoms with Gasteiger partial charge in [-0.1, -0.05) is 12.1 Å². The van der Waals surface area contributed by atoms with E-state index in [1.54, 1.807) is 12.1 Å². The molecule has 0 bridgehead atoms. The fourth-order valence-electron chi connectivity index (χ4n) is 1.91. The van der Waals surface area contributed by atoms with Gasteiger partial charge in [-0.2, -0.15) is 0 Å². The molecular weight excluding hydrogens is 245 g/mol. The fraction of sp³-hybridized carbons (Fsp3) is 0.133. The van der Waals surface area contributed by atoms with Gasteiger partial charge in [-0.15, -0.1) is 0 Å². The number of Topliss-reactive ketones (excluding diaryl/α,β-unsaturated/α-hetero) is 2. The van der Waals surface area contributed by atoms with Crippen molar-refractivity contribution in [1.29, 1.82) is 0 Å². The molecular formula is C15H12FNO2. The van der Waals surface area contributed by atoms with Crippen LogP contribution in [-0.2, 0) is 4.79 Å². The van der Waals surface area contributed by atoms with Crippen LogP contribution in [-0.4, -0.2) is 16.6 Å². The van der Waals surface area contributed by atoms with E-state index in [4.69, 9.17) is 0 Å². The summed E-state index contributed by atoms with van der Waals surface area (Å²) >= 11 is 0. The number of hydrogen-bond acceptors (Lipinski definition) is 3. The van der Waals surface area contributed by atoms with Crippen LogP contribution in [0.15, 0.2) is 48.8 Å². The Hall–Kier alpha value is -2.36. The molecule has 1 heterocycles. The smallest absolute Gasteiger partial charge is 0.177 e. The number of pyridine rings is 1. The highest BCUT2D eigenvalue weighted by Crippen LogP contribution is 2.22. The van der Waals surface area contributed by atoms with Gasteiger partial charge in [-0.25, -0.2) is 4.39 Å². The maximum atomic E-state index is 12.9. The van der Waals surface area contributed by atoms with Gasteiger partial charge >= 0.3 is 0 Å². The fourth-order valence-corrected chi connectivity index (χ4v) is 1.91. The lowest BCUT2D eigenvalue weighted by molar-refractivity contribution is -0.117. The molecule has 1 unspecified atom stereocenters. The van der Waals surface area contributed by atoms with E-state index in [0.717, 1.165) is 0 Å². The molecule has 1 atom stereocenters. The maximum absolute atomic E-state index is 12.9. The molecule has 96 valence electrons. The van der Waals surface area contributed by atoms with Crippen LogP contribution >= 0.6 is 0 Å². The van der Waals surface area contributed by atoms with Crippen LogP contribution in [0.2, 0.25) is 0 Å². The molecule has 0 aliphatic heterocycles. The van der Waals surface area contributed by atoms with Crippen molar-refractivity contribution >= 4 is 11.6 Å². The van der Waals surface area contributed by atoms with Crippen LogP contribution in [0.5, 0.6) is 0 Å². The molecule has 1 aromatic heterocycles. The van der Waals surface area contributed by atoms with E-state index in [1.807, 2.05) is 0 Å². The van der Waals surface area contributed by atoms with Gasteiger partial charge in [0.15, 0.2) is 5.78 Å². The highest BCUT2D eigenvalue weighted by atomic mass is 19.1. The minimum Gasteiger partial charge on any atom is -0.299 e. The van der Waals surface area contributed by atoms with Crippen LogP contribution in [0.4, 0.5) is 4.39 Å². The maximum Gasteiger partial charge on any atom is 0.177 e. The summed E-state index contributed by atoms with van der Waals surface area (Å²) in [6.07, 6.45) is 2.99. The first-order chi connectivity index (χ1) is 9.09. The van der Waals surface area contributed by atoms with E-state index in [1.165, 1.54) is 43.6 Å². The van der Waals surface area contributed by atoms with Crippen LogP contribution < -0.4 is 0 Å². The average molecular weight is 257 g/mol. The van der Waals surface area contributed by atoms with Gasteiger partial charge in [0.25, 0.3) is 0 Å². The summed E-state index contributed by atoms with van der Waals surface area (Å²) in [4.78, 5) is 27.9. The number of halogens is 1. The number of nitrogens with zero attached hydrogens (tertiary/aromatic N) is 1. The lowest BCUT2D eigenvalue weighted by Crippen LogP contribution is -2.20. The topological polar surface area (TPSA) is 47.0 Å². The molecule has 0 N–H and O–H groups in total. The second-order valence-electron chi connectivity index (χ2n) is 4.20. The van der Waals surface area contributed by atoms with Gasteiger partial charge in [0.2, 0.25) is 0 Å². The van der Waals surface area contributed by atoms with Gasteiger partial charge in [0.05, 0.1) is 0 Å². The summed E-state index contributed by atoms with van der Waals surface area (Å²) in [5.41, 5.74) is 0.912. The summed E-state index contributed by atoms with van der Waals surface area (Å²) in [6.45, 7) is 1.35. The van der Waals surface area contributed by atoms with E-state index in [-0.39, 0.29) is 11.6 Å². The molecule has 0 saturated heterocycles. The number of hydrogen-bond donors (Lipinski definition) is 0. The third-order valence-electron chi connectivity index (χ3n) is 2.84. The molecule has 0 spiro atoms. The molecule has 1 aromatic carbocycles. The summed E-state index contributed by atoms with van der Waals surface area (Å²) in [5.74, 6) is -1.87. The Morgan fingerprint density at radius 2 is 1.63 bits per heavy atom. The normalized spacial score (nSPS) is 11.9. The predicted octanol–water partition coefficient (Wildman–Crippen LogP) is 2.78. The van der Waals surface area contributed by atoms with Crippen molar-refractivity contribution in [2.75, 3.05) is 0 Å². The molecule has 0 amide bonds. The molecule has 0 fully saturated rings. The molecule has 19 heavy (non-hydrogen) atoms. The monoisotopic (exact) mass is 257 g/mol. The van der Waals surface area contributed by atoms with Crippen molar-refractivity contribution in [3.63, 3.8) is 0 Å². The van der Waals surface area contributed by atoms with E-state index in [9.17, 15) is 14.0 Å². The first kappa shape index (κ1) is 13.1. The molecule has 3 nitrogen and oxygen atoms in total. The first-order valence-corrected chi connectivity index (χ1v) is 5.80. The molecule has 0 saturated carbocycles. The quantitative estimate of drug-likeness (QED) is 0.625. The van der Waals surface area contributed by atoms with Crippen LogP contribution in [0, 0.1) is 5.82 Å².